The van der Waals surface area contributed by atoms with E-state index in [-0.39, 0.29) is 44.3 Å². The van der Waals surface area contributed by atoms with Crippen LogP contribution in [0.4, 0.5) is 51.9 Å². The molecule has 0 aliphatic carbocycles. The Labute approximate surface area is 408 Å². The molecule has 0 radical (unpaired) electrons. The summed E-state index contributed by atoms with van der Waals surface area (Å²) in [7, 11) is -1.61. The van der Waals surface area contributed by atoms with E-state index in [0.717, 1.165) is 65.3 Å². The molecule has 0 saturated carbocycles. The van der Waals surface area contributed by atoms with Crippen molar-refractivity contribution in [3.63, 3.8) is 0 Å². The molecule has 1 N–H and O–H groups in total. The summed E-state index contributed by atoms with van der Waals surface area (Å²) in [6.07, 6.45) is 3.75. The average Bonchev–Trinajstić information content (AvgIpc) is 3.89. The second-order valence-corrected chi connectivity index (χ2v) is 21.1. The number of rotatable bonds is 10. The summed E-state index contributed by atoms with van der Waals surface area (Å²) in [5, 5.41) is 28.2. The van der Waals surface area contributed by atoms with Crippen LogP contribution in [0.1, 0.15) is 92.1 Å². The van der Waals surface area contributed by atoms with Gasteiger partial charge in [0, 0.05) is 64.0 Å². The Morgan fingerprint density at radius 1 is 0.956 bits per heavy atom. The normalized spacial score (nSPS) is 15.7. The third kappa shape index (κ3) is 10.6. The van der Waals surface area contributed by atoms with Crippen LogP contribution in [0.25, 0.3) is 25.2 Å². The third-order valence-corrected chi connectivity index (χ3v) is 14.3. The van der Waals surface area contributed by atoms with Gasteiger partial charge in [0.15, 0.2) is 10.0 Å². The first-order valence-electron chi connectivity index (χ1n) is 20.8. The molecule has 0 spiro atoms. The van der Waals surface area contributed by atoms with Gasteiger partial charge in [-0.15, -0.1) is 20.5 Å². The molecule has 0 saturated heterocycles. The van der Waals surface area contributed by atoms with Crippen LogP contribution >= 0.6 is 22.7 Å². The van der Waals surface area contributed by atoms with Crippen molar-refractivity contribution < 1.29 is 62.2 Å². The van der Waals surface area contributed by atoms with Crippen molar-refractivity contribution in [2.75, 3.05) is 37.6 Å². The van der Waals surface area contributed by atoms with Crippen molar-refractivity contribution in [3.8, 4) is 11.5 Å². The predicted octanol–water partition coefficient (Wildman–Crippen LogP) is 12.9. The maximum absolute atomic E-state index is 13.1. The van der Waals surface area contributed by atoms with Crippen molar-refractivity contribution in [2.45, 2.75) is 83.3 Å². The van der Waals surface area contributed by atoms with E-state index in [1.54, 1.807) is 36.2 Å². The third-order valence-electron chi connectivity index (χ3n) is 11.5. The number of aromatic nitrogens is 2. The maximum Gasteiger partial charge on any atom is 0.483 e. The second-order valence-electron chi connectivity index (χ2n) is 17.5. The van der Waals surface area contributed by atoms with Gasteiger partial charge in [-0.3, -0.25) is 4.79 Å². The van der Waals surface area contributed by atoms with Crippen LogP contribution in [-0.2, 0) is 37.7 Å². The van der Waals surface area contributed by atoms with Gasteiger partial charge in [0.05, 0.1) is 51.6 Å². The standard InChI is InChI=1S/C23H24N4O2S.C22H24F3N5O5S2.Ni/c1-13-11-23(2,3)27-8-4-5-15-20(27)16(13)10-18(21(15)29)25-26-22-24-17-9-14(12-28)6-7-19(17)30-22;1-21(2,3)30(4)16-10-15(29-37(32,33)22(23,24)25)14(11-17(16)34-5)27-28-20-26-13-8-7-12(19(31)35-6)9-18(13)36-20;/h6-7,9-10,12-13,29H,4-5,8,11H2,1-3H3;7-11H,1-6H3,(H,26,28,29,31);/p-1. The number of phenols is 1. The Balaban J connectivity index is 0.000000225. The molecule has 1 atom stereocenters. The minimum Gasteiger partial charge on any atom is -0.568 e. The number of carbonyl (C=O) groups is 2. The molecule has 364 valence electrons. The first-order valence-corrected chi connectivity index (χ1v) is 23.9. The van der Waals surface area contributed by atoms with Crippen molar-refractivity contribution in [3.05, 3.63) is 81.6 Å². The van der Waals surface area contributed by atoms with Gasteiger partial charge in [0.25, 0.3) is 0 Å². The molecule has 4 aromatic carbocycles. The Morgan fingerprint density at radius 3 is 2.25 bits per heavy atom. The molecule has 1 unspecified atom stereocenters. The number of ether oxygens (including phenoxy) is 2. The number of halogens is 3. The van der Waals surface area contributed by atoms with Crippen LogP contribution in [0.15, 0.2) is 75.1 Å². The van der Waals surface area contributed by atoms with E-state index >= 15 is 0 Å². The predicted molar refractivity (Wildman–Crippen MR) is 254 cm³/mol. The molecule has 4 heterocycles. The Kier molecular flexibility index (Phi) is 14.9. The number of fused-ring (bicyclic) bond motifs is 2. The van der Waals surface area contributed by atoms with Gasteiger partial charge in [-0.1, -0.05) is 41.4 Å². The molecular weight excluding hydrogens is 990 g/mol. The number of carbonyl (C=O) groups excluding carboxylic acids is 2. The molecule has 2 aliphatic heterocycles. The van der Waals surface area contributed by atoms with Gasteiger partial charge in [-0.05, 0) is 108 Å². The molecule has 23 heteroatoms. The molecule has 8 rings (SSSR count). The molecule has 2 aromatic heterocycles. The fourth-order valence-corrected chi connectivity index (χ4v) is 10.0. The number of benzene rings is 4. The minimum atomic E-state index is -5.88. The number of anilines is 2. The fraction of sp³-hybridized carbons (Fsp3) is 0.378. The second kappa shape index (κ2) is 19.7. The maximum atomic E-state index is 13.1. The number of aldehydes is 1. The van der Waals surface area contributed by atoms with E-state index in [1.807, 2.05) is 32.9 Å². The number of esters is 1. The van der Waals surface area contributed by atoms with Gasteiger partial charge in [0.2, 0.25) is 10.3 Å². The molecule has 2 aliphatic rings. The number of nitrogens with zero attached hydrogens (tertiary/aromatic N) is 9. The van der Waals surface area contributed by atoms with Crippen LogP contribution in [0.5, 0.6) is 11.5 Å². The van der Waals surface area contributed by atoms with E-state index in [2.05, 4.69) is 60.8 Å². The molecule has 6 aromatic rings. The molecule has 68 heavy (non-hydrogen) atoms. The van der Waals surface area contributed by atoms with Crippen LogP contribution in [0.3, 0.4) is 0 Å². The fourth-order valence-electron chi connectivity index (χ4n) is 7.94. The van der Waals surface area contributed by atoms with Crippen LogP contribution < -0.4 is 14.5 Å². The topological polar surface area (TPSA) is 203 Å². The summed E-state index contributed by atoms with van der Waals surface area (Å²) in [6.45, 7) is 13.4. The zero-order valence-electron chi connectivity index (χ0n) is 38.3. The number of azo groups is 2. The van der Waals surface area contributed by atoms with Gasteiger partial charge < -0.3 is 29.1 Å². The number of sulfonamides is 1. The van der Waals surface area contributed by atoms with Crippen LogP contribution in [0, 0.1) is 0 Å². The number of hydrogen-bond acceptors (Lipinski definition) is 17. The first-order chi connectivity index (χ1) is 31.4. The smallest absolute Gasteiger partial charge is 0.483 e. The van der Waals surface area contributed by atoms with Crippen LogP contribution in [-0.4, -0.2) is 80.1 Å². The summed E-state index contributed by atoms with van der Waals surface area (Å²) >= 11 is 2.47. The molecule has 0 amide bonds. The summed E-state index contributed by atoms with van der Waals surface area (Å²) in [5.74, 6) is 0.295. The number of methoxy groups -OCH3 is 2. The molecule has 16 nitrogen and oxygen atoms in total. The van der Waals surface area contributed by atoms with E-state index < -0.39 is 32.7 Å². The number of phenolic OH excluding ortho intramolecular Hbond substituents is 1. The molecule has 0 bridgehead atoms. The number of hydrogen-bond donors (Lipinski definition) is 1. The monoisotopic (exact) mass is 1040 g/mol. The van der Waals surface area contributed by atoms with E-state index in [1.165, 1.54) is 48.9 Å². The van der Waals surface area contributed by atoms with Gasteiger partial charge >= 0.3 is 11.5 Å². The van der Waals surface area contributed by atoms with Crippen molar-refractivity contribution in [1.82, 2.24) is 9.97 Å². The molecular formula is C45H47F3N9NiO7S3-. The average molecular weight is 1040 g/mol. The van der Waals surface area contributed by atoms with Crippen molar-refractivity contribution in [2.24, 2.45) is 20.5 Å². The quantitative estimate of drug-likeness (QED) is 0.0592. The Morgan fingerprint density at radius 2 is 1.62 bits per heavy atom. The summed E-state index contributed by atoms with van der Waals surface area (Å²) < 4.78 is 77.7. The number of alkyl halides is 3. The van der Waals surface area contributed by atoms with Gasteiger partial charge in [-0.25, -0.2) is 23.2 Å². The Bertz CT molecular complexity index is 3080. The number of aromatic hydroxyl groups is 1. The zero-order valence-corrected chi connectivity index (χ0v) is 41.7. The first kappa shape index (κ1) is 51.6. The molecule has 0 fully saturated rings. The van der Waals surface area contributed by atoms with Gasteiger partial charge in [-0.2, -0.15) is 13.2 Å². The van der Waals surface area contributed by atoms with Crippen molar-refractivity contribution in [1.29, 1.82) is 0 Å². The minimum absolute atomic E-state index is 0. The van der Waals surface area contributed by atoms with Crippen molar-refractivity contribution >= 4 is 104 Å². The Hall–Kier alpha value is -5.77. The van der Waals surface area contributed by atoms with Crippen LogP contribution in [0.2, 0.25) is 0 Å². The van der Waals surface area contributed by atoms with Gasteiger partial charge in [0.1, 0.15) is 23.5 Å². The SMILES string of the molecule is CC1CC(C)(C)N2CCCc3c(O)c(N=Nc4nc5cc(C=O)ccc5s4)cc1c32.COC(=O)c1ccc2nc(N=Nc3cc(OC)c(N(C)C(C)(C)C)cc3[N-]S(=O)(=O)C(F)(F)F)sc2c1.[Ni]. The van der Waals surface area contributed by atoms with E-state index in [9.17, 15) is 36.3 Å². The summed E-state index contributed by atoms with van der Waals surface area (Å²) in [6, 6.07) is 14.4. The van der Waals surface area contributed by atoms with E-state index in [4.69, 9.17) is 9.47 Å². The summed E-state index contributed by atoms with van der Waals surface area (Å²) in [4.78, 5) is 35.6. The summed E-state index contributed by atoms with van der Waals surface area (Å²) in [5.41, 5.74) is -0.553. The zero-order chi connectivity index (χ0) is 48.8. The number of thiazole rings is 2. The van der Waals surface area contributed by atoms with E-state index in [0.29, 0.717) is 43.8 Å². The largest absolute Gasteiger partial charge is 0.568 e.